The number of halogens is 3. The number of pyridine rings is 2. The maximum atomic E-state index is 12.9. The first kappa shape index (κ1) is 14.5. The van der Waals surface area contributed by atoms with Crippen molar-refractivity contribution in [2.75, 3.05) is 0 Å². The largest absolute Gasteiger partial charge is 0.416 e. The second-order valence-electron chi connectivity index (χ2n) is 4.46. The lowest BCUT2D eigenvalue weighted by atomic mass is 9.97. The quantitative estimate of drug-likeness (QED) is 0.936. The molecule has 0 radical (unpaired) electrons. The van der Waals surface area contributed by atoms with E-state index in [2.05, 4.69) is 9.97 Å². The number of hydrogen-bond donors (Lipinski definition) is 1. The summed E-state index contributed by atoms with van der Waals surface area (Å²) in [5.74, 6) is 0. The number of nitrogens with two attached hydrogens (primary N) is 1. The minimum absolute atomic E-state index is 0.0362. The van der Waals surface area contributed by atoms with Gasteiger partial charge in [0.25, 0.3) is 0 Å². The minimum Gasteiger partial charge on any atom is -0.324 e. The molecule has 106 valence electrons. The van der Waals surface area contributed by atoms with Gasteiger partial charge < -0.3 is 5.73 Å². The zero-order chi connectivity index (χ0) is 14.6. The molecule has 20 heavy (non-hydrogen) atoms. The number of rotatable bonds is 4. The molecule has 2 rings (SSSR count). The Labute approximate surface area is 114 Å². The Morgan fingerprint density at radius 1 is 1.05 bits per heavy atom. The highest BCUT2D eigenvalue weighted by Gasteiger charge is 2.34. The molecule has 2 aromatic rings. The third kappa shape index (κ3) is 3.54. The summed E-state index contributed by atoms with van der Waals surface area (Å²) in [6, 6.07) is 3.90. The van der Waals surface area contributed by atoms with Gasteiger partial charge in [-0.2, -0.15) is 13.2 Å². The topological polar surface area (TPSA) is 51.8 Å². The lowest BCUT2D eigenvalue weighted by molar-refractivity contribution is -0.138. The van der Waals surface area contributed by atoms with Gasteiger partial charge in [-0.1, -0.05) is 0 Å². The lowest BCUT2D eigenvalue weighted by Crippen LogP contribution is -2.18. The van der Waals surface area contributed by atoms with Crippen molar-refractivity contribution >= 4 is 0 Å². The number of hydrogen-bond acceptors (Lipinski definition) is 3. The van der Waals surface area contributed by atoms with Crippen LogP contribution in [0.3, 0.4) is 0 Å². The second kappa shape index (κ2) is 6.00. The van der Waals surface area contributed by atoms with E-state index in [9.17, 15) is 13.2 Å². The molecule has 1 atom stereocenters. The van der Waals surface area contributed by atoms with E-state index in [0.29, 0.717) is 12.8 Å². The Bertz CT molecular complexity index is 555. The zero-order valence-electron chi connectivity index (χ0n) is 10.6. The highest BCUT2D eigenvalue weighted by atomic mass is 19.4. The molecule has 6 heteroatoms. The first-order valence-corrected chi connectivity index (χ1v) is 6.14. The fraction of sp³-hybridized carbons (Fsp3) is 0.286. The Morgan fingerprint density at radius 3 is 2.35 bits per heavy atom. The van der Waals surface area contributed by atoms with Crippen LogP contribution >= 0.6 is 0 Å². The van der Waals surface area contributed by atoms with Gasteiger partial charge >= 0.3 is 6.18 Å². The molecule has 2 aromatic heterocycles. The zero-order valence-corrected chi connectivity index (χ0v) is 10.6. The molecule has 1 unspecified atom stereocenters. The smallest absolute Gasteiger partial charge is 0.324 e. The fourth-order valence-corrected chi connectivity index (χ4v) is 1.99. The molecule has 0 bridgehead atoms. The number of aromatic nitrogens is 2. The second-order valence-corrected chi connectivity index (χ2v) is 4.46. The summed E-state index contributed by atoms with van der Waals surface area (Å²) in [4.78, 5) is 7.63. The van der Waals surface area contributed by atoms with Crippen LogP contribution in [0.1, 0.15) is 29.2 Å². The van der Waals surface area contributed by atoms with Gasteiger partial charge in [-0.05, 0) is 42.2 Å². The van der Waals surface area contributed by atoms with Gasteiger partial charge in [0.15, 0.2) is 0 Å². The molecule has 0 spiro atoms. The monoisotopic (exact) mass is 281 g/mol. The fourth-order valence-electron chi connectivity index (χ4n) is 1.99. The number of alkyl halides is 3. The molecule has 2 N–H and O–H groups in total. The molecule has 3 nitrogen and oxygen atoms in total. The van der Waals surface area contributed by atoms with Crippen molar-refractivity contribution in [2.45, 2.75) is 25.1 Å². The maximum Gasteiger partial charge on any atom is 0.416 e. The summed E-state index contributed by atoms with van der Waals surface area (Å²) >= 11 is 0. The maximum absolute atomic E-state index is 12.9. The van der Waals surface area contributed by atoms with Crippen molar-refractivity contribution in [3.8, 4) is 0 Å². The third-order valence-corrected chi connectivity index (χ3v) is 3.05. The van der Waals surface area contributed by atoms with Crippen molar-refractivity contribution in [1.29, 1.82) is 0 Å². The van der Waals surface area contributed by atoms with Gasteiger partial charge in [0, 0.05) is 30.8 Å². The van der Waals surface area contributed by atoms with Gasteiger partial charge in [0.2, 0.25) is 0 Å². The van der Waals surface area contributed by atoms with Gasteiger partial charge in [-0.15, -0.1) is 0 Å². The first-order valence-electron chi connectivity index (χ1n) is 6.14. The molecule has 0 aliphatic rings. The molecule has 0 aromatic carbocycles. The lowest BCUT2D eigenvalue weighted by Gasteiger charge is -2.17. The summed E-state index contributed by atoms with van der Waals surface area (Å²) < 4.78 is 38.6. The van der Waals surface area contributed by atoms with Gasteiger partial charge in [0.05, 0.1) is 5.56 Å². The number of nitrogens with zero attached hydrogens (tertiary/aromatic N) is 2. The molecular formula is C14H14F3N3. The van der Waals surface area contributed by atoms with E-state index < -0.39 is 17.8 Å². The van der Waals surface area contributed by atoms with Crippen molar-refractivity contribution in [1.82, 2.24) is 9.97 Å². The highest BCUT2D eigenvalue weighted by Crippen LogP contribution is 2.34. The summed E-state index contributed by atoms with van der Waals surface area (Å²) in [7, 11) is 0. The molecule has 0 aliphatic heterocycles. The molecule has 0 amide bonds. The molecule has 0 saturated heterocycles. The summed E-state index contributed by atoms with van der Waals surface area (Å²) in [6.07, 6.45) is 2.21. The van der Waals surface area contributed by atoms with E-state index in [0.717, 1.165) is 17.8 Å². The van der Waals surface area contributed by atoms with Gasteiger partial charge in [-0.25, -0.2) is 0 Å². The van der Waals surface area contributed by atoms with Crippen LogP contribution in [0.25, 0.3) is 0 Å². The van der Waals surface area contributed by atoms with E-state index in [-0.39, 0.29) is 5.56 Å². The van der Waals surface area contributed by atoms with Crippen LogP contribution in [-0.4, -0.2) is 9.97 Å². The predicted octanol–water partition coefficient (Wildman–Crippen LogP) is 3.13. The normalized spacial score (nSPS) is 13.2. The molecule has 0 aliphatic carbocycles. The van der Waals surface area contributed by atoms with Crippen molar-refractivity contribution in [2.24, 2.45) is 5.73 Å². The first-order chi connectivity index (χ1) is 9.48. The standard InChI is InChI=1S/C14H14F3N3/c15-14(16,17)12-5-8-20-9-11(12)13(18)2-1-10-3-6-19-7-4-10/h3-9,13H,1-2,18H2. The molecule has 2 heterocycles. The van der Waals surface area contributed by atoms with E-state index in [1.54, 1.807) is 12.4 Å². The Kier molecular flexibility index (Phi) is 4.34. The molecule has 0 saturated carbocycles. The van der Waals surface area contributed by atoms with E-state index in [1.807, 2.05) is 12.1 Å². The van der Waals surface area contributed by atoms with Crippen LogP contribution in [0.4, 0.5) is 13.2 Å². The van der Waals surface area contributed by atoms with E-state index in [1.165, 1.54) is 6.20 Å². The van der Waals surface area contributed by atoms with E-state index in [4.69, 9.17) is 5.73 Å². The van der Waals surface area contributed by atoms with Crippen LogP contribution in [0, 0.1) is 0 Å². The van der Waals surface area contributed by atoms with Gasteiger partial charge in [0.1, 0.15) is 0 Å². The van der Waals surface area contributed by atoms with E-state index >= 15 is 0 Å². The van der Waals surface area contributed by atoms with Crippen molar-refractivity contribution in [3.05, 3.63) is 59.7 Å². The molecule has 0 fully saturated rings. The van der Waals surface area contributed by atoms with Gasteiger partial charge in [-0.3, -0.25) is 9.97 Å². The van der Waals surface area contributed by atoms with Crippen LogP contribution < -0.4 is 5.73 Å². The predicted molar refractivity (Wildman–Crippen MR) is 68.7 cm³/mol. The van der Waals surface area contributed by atoms with Crippen LogP contribution in [-0.2, 0) is 12.6 Å². The summed E-state index contributed by atoms with van der Waals surface area (Å²) in [5, 5.41) is 0. The average Bonchev–Trinajstić information content (AvgIpc) is 2.45. The molecular weight excluding hydrogens is 267 g/mol. The third-order valence-electron chi connectivity index (χ3n) is 3.05. The SMILES string of the molecule is NC(CCc1ccncc1)c1cnccc1C(F)(F)F. The Morgan fingerprint density at radius 2 is 1.70 bits per heavy atom. The summed E-state index contributed by atoms with van der Waals surface area (Å²) in [6.45, 7) is 0. The Balaban J connectivity index is 2.12. The highest BCUT2D eigenvalue weighted by molar-refractivity contribution is 5.29. The Hall–Kier alpha value is -1.95. The number of aryl methyl sites for hydroxylation is 1. The van der Waals surface area contributed by atoms with Crippen LogP contribution in [0.5, 0.6) is 0 Å². The van der Waals surface area contributed by atoms with Crippen LogP contribution in [0.2, 0.25) is 0 Å². The minimum atomic E-state index is -4.41. The summed E-state index contributed by atoms with van der Waals surface area (Å²) in [5.41, 5.74) is 6.20. The van der Waals surface area contributed by atoms with Crippen molar-refractivity contribution < 1.29 is 13.2 Å². The van der Waals surface area contributed by atoms with Crippen molar-refractivity contribution in [3.63, 3.8) is 0 Å². The van der Waals surface area contributed by atoms with Crippen LogP contribution in [0.15, 0.2) is 43.0 Å². The average molecular weight is 281 g/mol.